The molecule has 0 radical (unpaired) electrons. The molecule has 152 valence electrons. The maximum Gasteiger partial charge on any atom is 0.127 e. The van der Waals surface area contributed by atoms with Crippen molar-refractivity contribution in [1.82, 2.24) is 0 Å². The first kappa shape index (κ1) is 20.8. The van der Waals surface area contributed by atoms with Gasteiger partial charge in [-0.25, -0.2) is 4.39 Å². The number of benzene rings is 2. The fourth-order valence-electron chi connectivity index (χ4n) is 3.69. The molecule has 1 saturated heterocycles. The topological polar surface area (TPSA) is 64.7 Å². The van der Waals surface area contributed by atoms with Gasteiger partial charge in [0.25, 0.3) is 0 Å². The molecule has 0 amide bonds. The van der Waals surface area contributed by atoms with Gasteiger partial charge in [-0.1, -0.05) is 18.2 Å². The number of halogens is 1. The summed E-state index contributed by atoms with van der Waals surface area (Å²) in [4.78, 5) is 0. The molecule has 2 aromatic carbocycles. The van der Waals surface area contributed by atoms with Crippen molar-refractivity contribution < 1.29 is 19.0 Å². The third kappa shape index (κ3) is 5.10. The number of aliphatic hydroxyl groups excluding tert-OH is 1. The van der Waals surface area contributed by atoms with Crippen LogP contribution in [0, 0.1) is 24.6 Å². The zero-order valence-electron chi connectivity index (χ0n) is 16.5. The minimum absolute atomic E-state index is 0.0192. The Morgan fingerprint density at radius 2 is 2.00 bits per heavy atom. The molecule has 3 rings (SSSR count). The lowest BCUT2D eigenvalue weighted by Gasteiger charge is -2.23. The number of ether oxygens (including phenoxy) is 2. The Morgan fingerprint density at radius 3 is 2.71 bits per heavy atom. The van der Waals surface area contributed by atoms with Crippen LogP contribution in [-0.2, 0) is 11.2 Å². The highest BCUT2D eigenvalue weighted by Crippen LogP contribution is 2.35. The molecular weight excluding hydrogens is 357 g/mol. The van der Waals surface area contributed by atoms with Gasteiger partial charge in [0, 0.05) is 25.4 Å². The zero-order chi connectivity index (χ0) is 19.9. The first-order chi connectivity index (χ1) is 13.6. The molecule has 0 saturated carbocycles. The van der Waals surface area contributed by atoms with Crippen molar-refractivity contribution >= 4 is 0 Å². The number of rotatable bonds is 8. The Kier molecular flexibility index (Phi) is 7.43. The van der Waals surface area contributed by atoms with Gasteiger partial charge in [-0.05, 0) is 79.5 Å². The van der Waals surface area contributed by atoms with Crippen molar-refractivity contribution in [2.45, 2.75) is 26.2 Å². The summed E-state index contributed by atoms with van der Waals surface area (Å²) in [5, 5.41) is 9.48. The molecule has 28 heavy (non-hydrogen) atoms. The van der Waals surface area contributed by atoms with E-state index >= 15 is 0 Å². The van der Waals surface area contributed by atoms with Gasteiger partial charge in [0.1, 0.15) is 11.6 Å². The molecule has 1 aliphatic rings. The summed E-state index contributed by atoms with van der Waals surface area (Å²) < 4.78 is 25.6. The molecule has 1 atom stereocenters. The first-order valence-electron chi connectivity index (χ1n) is 10.0. The number of hydrogen-bond donors (Lipinski definition) is 2. The van der Waals surface area contributed by atoms with E-state index in [1.807, 2.05) is 25.1 Å². The molecule has 0 aliphatic carbocycles. The highest BCUT2D eigenvalue weighted by atomic mass is 19.1. The predicted octanol–water partition coefficient (Wildman–Crippen LogP) is 3.72. The third-order valence-electron chi connectivity index (χ3n) is 5.59. The van der Waals surface area contributed by atoms with Crippen LogP contribution in [0.25, 0.3) is 11.1 Å². The highest BCUT2D eigenvalue weighted by molar-refractivity contribution is 5.74. The number of aliphatic hydroxyl groups is 1. The standard InChI is InChI=1S/C23H30FNO3/c1-16-19(11-18(13-25)14-26)3-2-4-21(16)22-12-20(24)5-6-23(22)28-15-17-7-9-27-10-8-17/h2-6,12,17-18,26H,7-11,13-15,25H2,1H3. The van der Waals surface area contributed by atoms with Crippen LogP contribution in [0.5, 0.6) is 5.75 Å². The molecule has 2 aromatic rings. The first-order valence-corrected chi connectivity index (χ1v) is 10.0. The van der Waals surface area contributed by atoms with E-state index in [-0.39, 0.29) is 18.3 Å². The van der Waals surface area contributed by atoms with Crippen molar-refractivity contribution in [3.63, 3.8) is 0 Å². The number of nitrogens with two attached hydrogens (primary N) is 1. The summed E-state index contributed by atoms with van der Waals surface area (Å²) in [7, 11) is 0. The third-order valence-corrected chi connectivity index (χ3v) is 5.59. The molecule has 0 bridgehead atoms. The summed E-state index contributed by atoms with van der Waals surface area (Å²) in [6.45, 7) is 4.68. The van der Waals surface area contributed by atoms with E-state index in [0.717, 1.165) is 48.3 Å². The van der Waals surface area contributed by atoms with Gasteiger partial charge >= 0.3 is 0 Å². The van der Waals surface area contributed by atoms with Crippen LogP contribution in [0.15, 0.2) is 36.4 Å². The summed E-state index contributed by atoms with van der Waals surface area (Å²) in [5.74, 6) is 0.902. The van der Waals surface area contributed by atoms with Crippen LogP contribution < -0.4 is 10.5 Å². The van der Waals surface area contributed by atoms with Crippen LogP contribution in [0.4, 0.5) is 4.39 Å². The molecule has 1 unspecified atom stereocenters. The van der Waals surface area contributed by atoms with Gasteiger partial charge in [-0.3, -0.25) is 0 Å². The predicted molar refractivity (Wildman–Crippen MR) is 109 cm³/mol. The minimum atomic E-state index is -0.284. The highest BCUT2D eigenvalue weighted by Gasteiger charge is 2.18. The van der Waals surface area contributed by atoms with E-state index in [1.54, 1.807) is 6.07 Å². The van der Waals surface area contributed by atoms with Crippen molar-refractivity contribution in [3.05, 3.63) is 53.3 Å². The maximum absolute atomic E-state index is 14.1. The van der Waals surface area contributed by atoms with Crippen LogP contribution >= 0.6 is 0 Å². The van der Waals surface area contributed by atoms with Gasteiger partial charge < -0.3 is 20.3 Å². The Morgan fingerprint density at radius 1 is 1.21 bits per heavy atom. The Balaban J connectivity index is 1.86. The van der Waals surface area contributed by atoms with Crippen LogP contribution in [0.1, 0.15) is 24.0 Å². The van der Waals surface area contributed by atoms with Gasteiger partial charge in [0.2, 0.25) is 0 Å². The average Bonchev–Trinajstić information content (AvgIpc) is 2.73. The van der Waals surface area contributed by atoms with E-state index in [2.05, 4.69) is 0 Å². The molecular formula is C23H30FNO3. The largest absolute Gasteiger partial charge is 0.493 e. The second kappa shape index (κ2) is 10.0. The average molecular weight is 387 g/mol. The monoisotopic (exact) mass is 387 g/mol. The lowest BCUT2D eigenvalue weighted by Crippen LogP contribution is -2.21. The molecule has 3 N–H and O–H groups in total. The minimum Gasteiger partial charge on any atom is -0.493 e. The fourth-order valence-corrected chi connectivity index (χ4v) is 3.69. The normalized spacial score (nSPS) is 16.1. The van der Waals surface area contributed by atoms with Crippen molar-refractivity contribution in [3.8, 4) is 16.9 Å². The Hall–Kier alpha value is -1.95. The molecule has 1 heterocycles. The van der Waals surface area contributed by atoms with E-state index < -0.39 is 0 Å². The van der Waals surface area contributed by atoms with Gasteiger partial charge in [0.15, 0.2) is 0 Å². The van der Waals surface area contributed by atoms with Crippen molar-refractivity contribution in [2.75, 3.05) is 33.0 Å². The lowest BCUT2D eigenvalue weighted by molar-refractivity contribution is 0.0498. The van der Waals surface area contributed by atoms with Crippen molar-refractivity contribution in [2.24, 2.45) is 17.6 Å². The second-order valence-corrected chi connectivity index (χ2v) is 7.59. The van der Waals surface area contributed by atoms with Crippen LogP contribution in [-0.4, -0.2) is 38.1 Å². The molecule has 1 fully saturated rings. The molecule has 0 aromatic heterocycles. The Labute approximate surface area is 166 Å². The van der Waals surface area contributed by atoms with E-state index in [4.69, 9.17) is 15.2 Å². The van der Waals surface area contributed by atoms with Crippen molar-refractivity contribution in [1.29, 1.82) is 0 Å². The molecule has 1 aliphatic heterocycles. The van der Waals surface area contributed by atoms with Gasteiger partial charge in [0.05, 0.1) is 6.61 Å². The van der Waals surface area contributed by atoms with Gasteiger partial charge in [-0.15, -0.1) is 0 Å². The van der Waals surface area contributed by atoms with Crippen LogP contribution in [0.3, 0.4) is 0 Å². The summed E-state index contributed by atoms with van der Waals surface area (Å²) in [6, 6.07) is 10.7. The van der Waals surface area contributed by atoms with Crippen LogP contribution in [0.2, 0.25) is 0 Å². The summed E-state index contributed by atoms with van der Waals surface area (Å²) in [5.41, 5.74) is 9.64. The van der Waals surface area contributed by atoms with Gasteiger partial charge in [-0.2, -0.15) is 0 Å². The maximum atomic E-state index is 14.1. The Bertz CT molecular complexity index is 770. The summed E-state index contributed by atoms with van der Waals surface area (Å²) >= 11 is 0. The quantitative estimate of drug-likeness (QED) is 0.725. The molecule has 4 nitrogen and oxygen atoms in total. The second-order valence-electron chi connectivity index (χ2n) is 7.59. The lowest BCUT2D eigenvalue weighted by atomic mass is 9.91. The molecule has 0 spiro atoms. The van der Waals surface area contributed by atoms with E-state index in [9.17, 15) is 9.50 Å². The smallest absolute Gasteiger partial charge is 0.127 e. The van der Waals surface area contributed by atoms with E-state index in [1.165, 1.54) is 12.1 Å². The molecule has 5 heteroatoms. The van der Waals surface area contributed by atoms with E-state index in [0.29, 0.717) is 31.2 Å². The number of hydrogen-bond acceptors (Lipinski definition) is 4. The fraction of sp³-hybridized carbons (Fsp3) is 0.478. The SMILES string of the molecule is Cc1c(CC(CN)CO)cccc1-c1cc(F)ccc1OCC1CCOCC1. The summed E-state index contributed by atoms with van der Waals surface area (Å²) in [6.07, 6.45) is 2.68. The zero-order valence-corrected chi connectivity index (χ0v) is 16.5.